The molecule has 3 aromatic heterocycles. The molecule has 2 aromatic carbocycles. The highest BCUT2D eigenvalue weighted by Gasteiger charge is 2.20. The van der Waals surface area contributed by atoms with Crippen LogP contribution in [-0.2, 0) is 0 Å². The molecule has 0 aliphatic carbocycles. The van der Waals surface area contributed by atoms with Crippen LogP contribution >= 0.6 is 0 Å². The number of ether oxygens (including phenoxy) is 2. The van der Waals surface area contributed by atoms with Gasteiger partial charge in [0.15, 0.2) is 5.75 Å². The first-order chi connectivity index (χ1) is 18.3. The number of nitrogens with one attached hydrogen (secondary N) is 2. The van der Waals surface area contributed by atoms with Gasteiger partial charge in [0.25, 0.3) is 5.91 Å². The maximum absolute atomic E-state index is 13.4. The number of rotatable bonds is 6. The van der Waals surface area contributed by atoms with Crippen LogP contribution < -0.4 is 20.2 Å². The summed E-state index contributed by atoms with van der Waals surface area (Å²) in [5.41, 5.74) is 3.10. The third-order valence-electron chi connectivity index (χ3n) is 6.01. The minimum atomic E-state index is -0.558. The number of amides is 1. The van der Waals surface area contributed by atoms with Crippen molar-refractivity contribution in [1.29, 1.82) is 0 Å². The van der Waals surface area contributed by atoms with Crippen molar-refractivity contribution in [2.75, 3.05) is 12.4 Å². The fourth-order valence-electron chi connectivity index (χ4n) is 4.22. The number of H-pyrrole nitrogens is 1. The van der Waals surface area contributed by atoms with Gasteiger partial charge >= 0.3 is 0 Å². The van der Waals surface area contributed by atoms with Gasteiger partial charge in [0.2, 0.25) is 11.3 Å². The molecule has 0 saturated heterocycles. The molecule has 1 amide bonds. The van der Waals surface area contributed by atoms with E-state index in [9.17, 15) is 14.0 Å². The highest BCUT2D eigenvalue weighted by atomic mass is 19.1. The van der Waals surface area contributed by atoms with Gasteiger partial charge in [-0.25, -0.2) is 9.37 Å². The number of anilines is 1. The third-order valence-corrected chi connectivity index (χ3v) is 6.01. The quantitative estimate of drug-likeness (QED) is 0.299. The predicted octanol–water partition coefficient (Wildman–Crippen LogP) is 5.79. The molecule has 0 bridgehead atoms. The first-order valence-electron chi connectivity index (χ1n) is 11.7. The third kappa shape index (κ3) is 4.81. The highest BCUT2D eigenvalue weighted by Crippen LogP contribution is 2.29. The van der Waals surface area contributed by atoms with Gasteiger partial charge in [-0.05, 0) is 61.9 Å². The van der Waals surface area contributed by atoms with Gasteiger partial charge in [0.05, 0.1) is 12.6 Å². The van der Waals surface area contributed by atoms with Crippen LogP contribution in [0.5, 0.6) is 17.4 Å². The SMILES string of the molecule is COc1ccc2nccc(Oc3ccc(NC(=O)c4c(C)[nH]c(C)c(-c5ccc(F)cc5)c4=O)cc3)c2n1. The zero-order valence-electron chi connectivity index (χ0n) is 20.8. The van der Waals surface area contributed by atoms with E-state index >= 15 is 0 Å². The van der Waals surface area contributed by atoms with E-state index in [2.05, 4.69) is 20.3 Å². The smallest absolute Gasteiger partial charge is 0.261 e. The van der Waals surface area contributed by atoms with Gasteiger partial charge in [-0.2, -0.15) is 0 Å². The van der Waals surface area contributed by atoms with Gasteiger partial charge < -0.3 is 19.8 Å². The second kappa shape index (κ2) is 10.1. The van der Waals surface area contributed by atoms with Crippen LogP contribution in [0.1, 0.15) is 21.7 Å². The molecule has 2 N–H and O–H groups in total. The zero-order chi connectivity index (χ0) is 26.8. The average Bonchev–Trinajstić information content (AvgIpc) is 2.90. The Hall–Kier alpha value is -5.05. The Balaban J connectivity index is 1.38. The fraction of sp³-hybridized carbons (Fsp3) is 0.103. The van der Waals surface area contributed by atoms with Crippen LogP contribution in [0.25, 0.3) is 22.2 Å². The summed E-state index contributed by atoms with van der Waals surface area (Å²) in [7, 11) is 1.54. The summed E-state index contributed by atoms with van der Waals surface area (Å²) in [5.74, 6) is 0.493. The van der Waals surface area contributed by atoms with Crippen LogP contribution in [0.15, 0.2) is 77.7 Å². The fourth-order valence-corrected chi connectivity index (χ4v) is 4.22. The van der Waals surface area contributed by atoms with Gasteiger partial charge in [-0.3, -0.25) is 14.6 Å². The molecule has 9 heteroatoms. The lowest BCUT2D eigenvalue weighted by Gasteiger charge is -2.13. The number of aryl methyl sites for hydroxylation is 2. The minimum Gasteiger partial charge on any atom is -0.481 e. The monoisotopic (exact) mass is 510 g/mol. The van der Waals surface area contributed by atoms with E-state index in [4.69, 9.17) is 9.47 Å². The van der Waals surface area contributed by atoms with E-state index in [1.165, 1.54) is 31.4 Å². The second-order valence-electron chi connectivity index (χ2n) is 8.57. The minimum absolute atomic E-state index is 0.0153. The Bertz CT molecular complexity index is 1710. The Morgan fingerprint density at radius 2 is 1.68 bits per heavy atom. The van der Waals surface area contributed by atoms with E-state index in [1.807, 2.05) is 0 Å². The first kappa shape index (κ1) is 24.6. The molecule has 5 rings (SSSR count). The number of carbonyl (C=O) groups excluding carboxylic acids is 1. The average molecular weight is 511 g/mol. The summed E-state index contributed by atoms with van der Waals surface area (Å²) in [6.45, 7) is 3.40. The molecule has 3 heterocycles. The van der Waals surface area contributed by atoms with Crippen molar-refractivity contribution in [3.63, 3.8) is 0 Å². The van der Waals surface area contributed by atoms with E-state index in [1.54, 1.807) is 62.5 Å². The number of aromatic nitrogens is 3. The predicted molar refractivity (Wildman–Crippen MR) is 142 cm³/mol. The molecule has 0 aliphatic heterocycles. The molecule has 0 radical (unpaired) electrons. The standard InChI is InChI=1S/C29H23FN4O4/c1-16-25(18-4-6-19(30)7-5-18)28(35)26(17(2)32-16)29(36)33-20-8-10-21(11-9-20)38-23-14-15-31-22-12-13-24(37-3)34-27(22)23/h4-15H,1-3H3,(H,32,35)(H,33,36). The molecule has 0 fully saturated rings. The number of carbonyl (C=O) groups is 1. The summed E-state index contributed by atoms with van der Waals surface area (Å²) < 4.78 is 24.6. The molecular weight excluding hydrogens is 487 g/mol. The van der Waals surface area contributed by atoms with Crippen LogP contribution in [0.4, 0.5) is 10.1 Å². The van der Waals surface area contributed by atoms with E-state index in [0.29, 0.717) is 56.6 Å². The van der Waals surface area contributed by atoms with Gasteiger partial charge in [0.1, 0.15) is 22.6 Å². The molecule has 8 nitrogen and oxygen atoms in total. The Morgan fingerprint density at radius 1 is 0.947 bits per heavy atom. The van der Waals surface area contributed by atoms with Crippen molar-refractivity contribution < 1.29 is 18.7 Å². The van der Waals surface area contributed by atoms with Crippen molar-refractivity contribution in [1.82, 2.24) is 15.0 Å². The lowest BCUT2D eigenvalue weighted by atomic mass is 9.99. The van der Waals surface area contributed by atoms with Crippen LogP contribution in [0.2, 0.25) is 0 Å². The van der Waals surface area contributed by atoms with E-state index < -0.39 is 17.2 Å². The van der Waals surface area contributed by atoms with Gasteiger partial charge in [0, 0.05) is 41.0 Å². The Morgan fingerprint density at radius 3 is 2.39 bits per heavy atom. The normalized spacial score (nSPS) is 10.8. The second-order valence-corrected chi connectivity index (χ2v) is 8.57. The summed E-state index contributed by atoms with van der Waals surface area (Å²) in [5, 5.41) is 2.77. The van der Waals surface area contributed by atoms with Crippen LogP contribution in [-0.4, -0.2) is 28.0 Å². The molecular formula is C29H23FN4O4. The molecule has 0 aliphatic rings. The van der Waals surface area contributed by atoms with Crippen molar-refractivity contribution in [3.05, 3.63) is 106 Å². The topological polar surface area (TPSA) is 106 Å². The molecule has 0 saturated carbocycles. The largest absolute Gasteiger partial charge is 0.481 e. The molecule has 0 spiro atoms. The summed E-state index contributed by atoms with van der Waals surface area (Å²) in [6, 6.07) is 17.5. The number of hydrogen-bond donors (Lipinski definition) is 2. The lowest BCUT2D eigenvalue weighted by Crippen LogP contribution is -2.26. The molecule has 0 atom stereocenters. The van der Waals surface area contributed by atoms with E-state index in [0.717, 1.165) is 0 Å². The van der Waals surface area contributed by atoms with Crippen molar-refractivity contribution >= 4 is 22.6 Å². The van der Waals surface area contributed by atoms with Gasteiger partial charge in [-0.1, -0.05) is 12.1 Å². The zero-order valence-corrected chi connectivity index (χ0v) is 20.8. The molecule has 38 heavy (non-hydrogen) atoms. The molecule has 190 valence electrons. The number of fused-ring (bicyclic) bond motifs is 1. The van der Waals surface area contributed by atoms with Crippen molar-refractivity contribution in [3.8, 4) is 28.5 Å². The maximum Gasteiger partial charge on any atom is 0.261 e. The number of halogens is 1. The summed E-state index contributed by atoms with van der Waals surface area (Å²) in [6.07, 6.45) is 1.63. The summed E-state index contributed by atoms with van der Waals surface area (Å²) in [4.78, 5) is 38.3. The number of methoxy groups -OCH3 is 1. The van der Waals surface area contributed by atoms with Crippen molar-refractivity contribution in [2.45, 2.75) is 13.8 Å². The van der Waals surface area contributed by atoms with Crippen LogP contribution in [0, 0.1) is 19.7 Å². The highest BCUT2D eigenvalue weighted by molar-refractivity contribution is 6.05. The van der Waals surface area contributed by atoms with Crippen LogP contribution in [0.3, 0.4) is 0 Å². The summed E-state index contributed by atoms with van der Waals surface area (Å²) >= 11 is 0. The Labute approximate surface area is 217 Å². The number of pyridine rings is 3. The lowest BCUT2D eigenvalue weighted by molar-refractivity contribution is 0.102. The number of aromatic amines is 1. The van der Waals surface area contributed by atoms with E-state index in [-0.39, 0.29) is 5.56 Å². The molecule has 0 unspecified atom stereocenters. The Kier molecular flexibility index (Phi) is 6.57. The van der Waals surface area contributed by atoms with Gasteiger partial charge in [-0.15, -0.1) is 0 Å². The number of benzene rings is 2. The maximum atomic E-state index is 13.4. The first-order valence-corrected chi connectivity index (χ1v) is 11.7. The van der Waals surface area contributed by atoms with Crippen molar-refractivity contribution in [2.24, 2.45) is 0 Å². The number of hydrogen-bond acceptors (Lipinski definition) is 6. The number of nitrogens with zero attached hydrogens (tertiary/aromatic N) is 2. The molecule has 5 aromatic rings.